The van der Waals surface area contributed by atoms with Gasteiger partial charge in [0.05, 0.1) is 12.3 Å². The average Bonchev–Trinajstić information content (AvgIpc) is 2.48. The Morgan fingerprint density at radius 3 is 2.68 bits per heavy atom. The van der Waals surface area contributed by atoms with Crippen molar-refractivity contribution in [1.82, 2.24) is 0 Å². The highest BCUT2D eigenvalue weighted by Crippen LogP contribution is 2.23. The minimum absolute atomic E-state index is 0.174. The first-order valence-corrected chi connectivity index (χ1v) is 7.38. The molecule has 0 aliphatic carbocycles. The topological polar surface area (TPSA) is 38.3 Å². The average molecular weight is 295 g/mol. The van der Waals surface area contributed by atoms with Crippen LogP contribution in [0.25, 0.3) is 6.08 Å². The van der Waals surface area contributed by atoms with E-state index in [4.69, 9.17) is 4.74 Å². The number of carbonyl (C=O) groups is 1. The van der Waals surface area contributed by atoms with E-state index < -0.39 is 0 Å². The Morgan fingerprint density at radius 1 is 1.18 bits per heavy atom. The lowest BCUT2D eigenvalue weighted by molar-refractivity contribution is -0.111. The monoisotopic (exact) mass is 295 g/mol. The van der Waals surface area contributed by atoms with E-state index in [1.165, 1.54) is 5.56 Å². The van der Waals surface area contributed by atoms with E-state index in [2.05, 4.69) is 18.3 Å². The lowest BCUT2D eigenvalue weighted by atomic mass is 10.1. The van der Waals surface area contributed by atoms with Gasteiger partial charge in [0.1, 0.15) is 5.75 Å². The number of carbonyl (C=O) groups excluding carboxylic acids is 1. The van der Waals surface area contributed by atoms with Crippen molar-refractivity contribution in [3.05, 3.63) is 65.2 Å². The number of ether oxygens (including phenoxy) is 1. The van der Waals surface area contributed by atoms with E-state index in [0.717, 1.165) is 11.1 Å². The van der Waals surface area contributed by atoms with E-state index in [-0.39, 0.29) is 5.91 Å². The fourth-order valence-electron chi connectivity index (χ4n) is 2.20. The smallest absolute Gasteiger partial charge is 0.248 e. The molecule has 0 aliphatic rings. The molecule has 22 heavy (non-hydrogen) atoms. The predicted molar refractivity (Wildman–Crippen MR) is 91.2 cm³/mol. The van der Waals surface area contributed by atoms with Crippen molar-refractivity contribution in [3.8, 4) is 5.75 Å². The van der Waals surface area contributed by atoms with Gasteiger partial charge in [-0.05, 0) is 50.1 Å². The number of rotatable bonds is 5. The molecule has 0 unspecified atom stereocenters. The fourth-order valence-corrected chi connectivity index (χ4v) is 2.20. The number of nitrogens with one attached hydrogen (secondary N) is 1. The molecule has 1 N–H and O–H groups in total. The minimum Gasteiger partial charge on any atom is -0.492 e. The summed E-state index contributed by atoms with van der Waals surface area (Å²) >= 11 is 0. The summed E-state index contributed by atoms with van der Waals surface area (Å²) in [6.45, 7) is 6.57. The normalized spacial score (nSPS) is 10.7. The molecule has 0 heterocycles. The van der Waals surface area contributed by atoms with Crippen LogP contribution in [-0.4, -0.2) is 12.5 Å². The van der Waals surface area contributed by atoms with E-state index >= 15 is 0 Å². The van der Waals surface area contributed by atoms with Gasteiger partial charge in [-0.1, -0.05) is 35.9 Å². The van der Waals surface area contributed by atoms with E-state index in [1.807, 2.05) is 56.3 Å². The fraction of sp³-hybridized carbons (Fsp3) is 0.211. The largest absolute Gasteiger partial charge is 0.492 e. The maximum Gasteiger partial charge on any atom is 0.248 e. The number of amides is 1. The molecule has 2 rings (SSSR count). The molecule has 0 saturated carbocycles. The third-order valence-electron chi connectivity index (χ3n) is 3.28. The number of aryl methyl sites for hydroxylation is 2. The molecule has 1 amide bonds. The molecule has 2 aromatic rings. The first kappa shape index (κ1) is 15.8. The summed E-state index contributed by atoms with van der Waals surface area (Å²) in [5.41, 5.74) is 4.09. The highest BCUT2D eigenvalue weighted by Gasteiger charge is 2.04. The second kappa shape index (κ2) is 7.46. The van der Waals surface area contributed by atoms with Crippen LogP contribution in [0.15, 0.2) is 48.5 Å². The van der Waals surface area contributed by atoms with Gasteiger partial charge in [0.15, 0.2) is 0 Å². The van der Waals surface area contributed by atoms with Gasteiger partial charge in [0.2, 0.25) is 5.91 Å². The van der Waals surface area contributed by atoms with Gasteiger partial charge in [0.25, 0.3) is 0 Å². The van der Waals surface area contributed by atoms with Gasteiger partial charge < -0.3 is 10.1 Å². The van der Waals surface area contributed by atoms with Gasteiger partial charge in [-0.2, -0.15) is 0 Å². The quantitative estimate of drug-likeness (QED) is 0.833. The predicted octanol–water partition coefficient (Wildman–Crippen LogP) is 4.35. The van der Waals surface area contributed by atoms with Gasteiger partial charge in [-0.3, -0.25) is 4.79 Å². The lowest BCUT2D eigenvalue weighted by Gasteiger charge is -2.09. The Hall–Kier alpha value is -2.55. The van der Waals surface area contributed by atoms with E-state index in [0.29, 0.717) is 18.0 Å². The molecule has 3 nitrogen and oxygen atoms in total. The first-order valence-electron chi connectivity index (χ1n) is 7.38. The Kier molecular flexibility index (Phi) is 5.37. The summed E-state index contributed by atoms with van der Waals surface area (Å²) in [5.74, 6) is 0.505. The van der Waals surface area contributed by atoms with Crippen molar-refractivity contribution >= 4 is 17.7 Å². The molecule has 114 valence electrons. The van der Waals surface area contributed by atoms with Gasteiger partial charge >= 0.3 is 0 Å². The van der Waals surface area contributed by atoms with Crippen molar-refractivity contribution in [3.63, 3.8) is 0 Å². The molecule has 0 spiro atoms. The second-order valence-corrected chi connectivity index (χ2v) is 5.11. The highest BCUT2D eigenvalue weighted by molar-refractivity contribution is 6.02. The van der Waals surface area contributed by atoms with Crippen LogP contribution in [-0.2, 0) is 4.79 Å². The Morgan fingerprint density at radius 2 is 1.95 bits per heavy atom. The zero-order valence-electron chi connectivity index (χ0n) is 13.2. The number of hydrogen-bond donors (Lipinski definition) is 1. The number of benzene rings is 2. The molecule has 0 radical (unpaired) electrons. The summed E-state index contributed by atoms with van der Waals surface area (Å²) in [7, 11) is 0. The molecule has 0 fully saturated rings. The lowest BCUT2D eigenvalue weighted by Crippen LogP contribution is -2.09. The van der Waals surface area contributed by atoms with Crippen molar-refractivity contribution in [2.24, 2.45) is 0 Å². The number of hydrogen-bond acceptors (Lipinski definition) is 2. The molecular weight excluding hydrogens is 274 g/mol. The van der Waals surface area contributed by atoms with Gasteiger partial charge in [0, 0.05) is 6.08 Å². The van der Waals surface area contributed by atoms with Gasteiger partial charge in [-0.25, -0.2) is 0 Å². The zero-order valence-corrected chi connectivity index (χ0v) is 13.2. The van der Waals surface area contributed by atoms with Crippen molar-refractivity contribution < 1.29 is 9.53 Å². The summed E-state index contributed by atoms with van der Waals surface area (Å²) in [6.07, 6.45) is 3.37. The summed E-state index contributed by atoms with van der Waals surface area (Å²) in [5, 5.41) is 2.85. The summed E-state index contributed by atoms with van der Waals surface area (Å²) < 4.78 is 5.49. The van der Waals surface area contributed by atoms with Crippen molar-refractivity contribution in [1.29, 1.82) is 0 Å². The zero-order chi connectivity index (χ0) is 15.9. The third-order valence-corrected chi connectivity index (χ3v) is 3.28. The first-order chi connectivity index (χ1) is 10.6. The second-order valence-electron chi connectivity index (χ2n) is 5.11. The summed E-state index contributed by atoms with van der Waals surface area (Å²) in [6, 6.07) is 13.6. The van der Waals surface area contributed by atoms with Crippen LogP contribution in [0.5, 0.6) is 5.75 Å². The molecule has 0 saturated heterocycles. The molecule has 2 aromatic carbocycles. The van der Waals surface area contributed by atoms with E-state index in [1.54, 1.807) is 6.08 Å². The van der Waals surface area contributed by atoms with Crippen LogP contribution in [0.1, 0.15) is 23.6 Å². The minimum atomic E-state index is -0.174. The maximum atomic E-state index is 12.1. The SMILES string of the molecule is CCOc1ccccc1NC(=O)/C=C/c1ccc(C)cc1C. The van der Waals surface area contributed by atoms with Crippen LogP contribution in [0.3, 0.4) is 0 Å². The van der Waals surface area contributed by atoms with Crippen LogP contribution >= 0.6 is 0 Å². The summed E-state index contributed by atoms with van der Waals surface area (Å²) in [4.78, 5) is 12.1. The van der Waals surface area contributed by atoms with Gasteiger partial charge in [-0.15, -0.1) is 0 Å². The molecule has 0 atom stereocenters. The maximum absolute atomic E-state index is 12.1. The van der Waals surface area contributed by atoms with Crippen LogP contribution in [0.2, 0.25) is 0 Å². The number of anilines is 1. The van der Waals surface area contributed by atoms with Crippen molar-refractivity contribution in [2.45, 2.75) is 20.8 Å². The third kappa shape index (κ3) is 4.22. The molecule has 0 aromatic heterocycles. The Balaban J connectivity index is 2.08. The molecular formula is C19H21NO2. The Bertz CT molecular complexity index is 690. The van der Waals surface area contributed by atoms with Crippen LogP contribution in [0, 0.1) is 13.8 Å². The molecule has 3 heteroatoms. The van der Waals surface area contributed by atoms with Crippen molar-refractivity contribution in [2.75, 3.05) is 11.9 Å². The van der Waals surface area contributed by atoms with Crippen LogP contribution < -0.4 is 10.1 Å². The highest BCUT2D eigenvalue weighted by atomic mass is 16.5. The molecule has 0 bridgehead atoms. The number of para-hydroxylation sites is 2. The Labute approximate surface area is 131 Å². The molecule has 0 aliphatic heterocycles. The van der Waals surface area contributed by atoms with E-state index in [9.17, 15) is 4.79 Å². The van der Waals surface area contributed by atoms with Crippen LogP contribution in [0.4, 0.5) is 5.69 Å². The standard InChI is InChI=1S/C19H21NO2/c1-4-22-18-8-6-5-7-17(18)20-19(21)12-11-16-10-9-14(2)13-15(16)3/h5-13H,4H2,1-3H3,(H,20,21)/b12-11+.